The Morgan fingerprint density at radius 2 is 2.23 bits per heavy atom. The van der Waals surface area contributed by atoms with Gasteiger partial charge in [-0.2, -0.15) is 4.98 Å². The van der Waals surface area contributed by atoms with E-state index in [4.69, 9.17) is 4.52 Å². The molecule has 22 heavy (non-hydrogen) atoms. The minimum atomic E-state index is 0.490. The van der Waals surface area contributed by atoms with Crippen LogP contribution in [0.3, 0.4) is 0 Å². The van der Waals surface area contributed by atoms with Crippen LogP contribution in [0.25, 0.3) is 33.2 Å². The molecule has 0 saturated carbocycles. The minimum Gasteiger partial charge on any atom is -0.361 e. The predicted octanol–water partition coefficient (Wildman–Crippen LogP) is 3.69. The molecule has 0 aliphatic rings. The fourth-order valence-electron chi connectivity index (χ4n) is 2.32. The quantitative estimate of drug-likeness (QED) is 0.621. The summed E-state index contributed by atoms with van der Waals surface area (Å²) < 4.78 is 5.38. The van der Waals surface area contributed by atoms with E-state index in [1.54, 1.807) is 23.7 Å². The predicted molar refractivity (Wildman–Crippen MR) is 84.5 cm³/mol. The van der Waals surface area contributed by atoms with Crippen molar-refractivity contribution in [3.8, 4) is 22.3 Å². The van der Waals surface area contributed by atoms with Crippen molar-refractivity contribution < 1.29 is 4.52 Å². The maximum atomic E-state index is 5.38. The summed E-state index contributed by atoms with van der Waals surface area (Å²) in [5, 5.41) is 6.13. The molecule has 0 atom stereocenters. The van der Waals surface area contributed by atoms with E-state index in [1.807, 2.05) is 18.3 Å². The van der Waals surface area contributed by atoms with Crippen molar-refractivity contribution in [2.45, 2.75) is 19.8 Å². The third kappa shape index (κ3) is 2.19. The van der Waals surface area contributed by atoms with E-state index >= 15 is 0 Å². The van der Waals surface area contributed by atoms with Crippen LogP contribution in [0.1, 0.15) is 18.4 Å². The van der Waals surface area contributed by atoms with Crippen LogP contribution in [0, 0.1) is 0 Å². The molecule has 4 aromatic heterocycles. The molecule has 0 aliphatic carbocycles. The lowest BCUT2D eigenvalue weighted by Crippen LogP contribution is -1.86. The zero-order valence-corrected chi connectivity index (χ0v) is 12.7. The van der Waals surface area contributed by atoms with Crippen LogP contribution in [0.5, 0.6) is 0 Å². The highest BCUT2D eigenvalue weighted by atomic mass is 32.1. The number of thiazole rings is 1. The first-order chi connectivity index (χ1) is 10.8. The Morgan fingerprint density at radius 3 is 3.14 bits per heavy atom. The number of aromatic nitrogens is 5. The Morgan fingerprint density at radius 1 is 1.27 bits per heavy atom. The first-order valence-corrected chi connectivity index (χ1v) is 7.88. The monoisotopic (exact) mass is 311 g/mol. The molecule has 110 valence electrons. The highest BCUT2D eigenvalue weighted by Gasteiger charge is 2.16. The highest BCUT2D eigenvalue weighted by Crippen LogP contribution is 2.29. The Hall–Kier alpha value is -2.54. The summed E-state index contributed by atoms with van der Waals surface area (Å²) in [4.78, 5) is 17.3. The zero-order valence-electron chi connectivity index (χ0n) is 11.9. The van der Waals surface area contributed by atoms with Gasteiger partial charge in [0, 0.05) is 23.3 Å². The van der Waals surface area contributed by atoms with Crippen LogP contribution in [-0.2, 0) is 6.42 Å². The largest absolute Gasteiger partial charge is 0.361 e. The number of H-pyrrole nitrogens is 1. The summed E-state index contributed by atoms with van der Waals surface area (Å²) >= 11 is 1.59. The van der Waals surface area contributed by atoms with Gasteiger partial charge in [0.2, 0.25) is 5.82 Å². The number of rotatable bonds is 4. The molecule has 0 amide bonds. The molecule has 0 saturated heterocycles. The third-order valence-electron chi connectivity index (χ3n) is 3.35. The molecule has 4 heterocycles. The van der Waals surface area contributed by atoms with Crippen LogP contribution in [0.4, 0.5) is 0 Å². The van der Waals surface area contributed by atoms with E-state index in [0.29, 0.717) is 17.4 Å². The van der Waals surface area contributed by atoms with Gasteiger partial charge in [-0.1, -0.05) is 12.1 Å². The second-order valence-corrected chi connectivity index (χ2v) is 6.01. The summed E-state index contributed by atoms with van der Waals surface area (Å²) in [6, 6.07) is 3.87. The van der Waals surface area contributed by atoms with Crippen molar-refractivity contribution >= 4 is 22.2 Å². The lowest BCUT2D eigenvalue weighted by atomic mass is 10.2. The van der Waals surface area contributed by atoms with Crippen LogP contribution in [0.15, 0.2) is 35.2 Å². The first-order valence-electron chi connectivity index (χ1n) is 7.06. The number of nitrogens with zero attached hydrogens (tertiary/aromatic N) is 4. The van der Waals surface area contributed by atoms with E-state index < -0.39 is 0 Å². The van der Waals surface area contributed by atoms with E-state index in [-0.39, 0.29) is 0 Å². The molecular formula is C15H13N5OS. The van der Waals surface area contributed by atoms with Crippen molar-refractivity contribution in [1.82, 2.24) is 25.1 Å². The van der Waals surface area contributed by atoms with E-state index in [0.717, 1.165) is 33.6 Å². The number of fused-ring (bicyclic) bond motifs is 1. The maximum absolute atomic E-state index is 5.38. The maximum Gasteiger partial charge on any atom is 0.270 e. The van der Waals surface area contributed by atoms with E-state index in [1.165, 1.54) is 0 Å². The lowest BCUT2D eigenvalue weighted by molar-refractivity contribution is 0.433. The molecule has 0 spiro atoms. The molecule has 0 aliphatic heterocycles. The topological polar surface area (TPSA) is 80.5 Å². The van der Waals surface area contributed by atoms with Gasteiger partial charge < -0.3 is 9.51 Å². The van der Waals surface area contributed by atoms with Gasteiger partial charge in [0.05, 0.1) is 11.2 Å². The molecule has 0 unspecified atom stereocenters. The highest BCUT2D eigenvalue weighted by molar-refractivity contribution is 7.15. The second-order valence-electron chi connectivity index (χ2n) is 4.89. The van der Waals surface area contributed by atoms with Gasteiger partial charge in [-0.25, -0.2) is 4.98 Å². The Labute approximate surface area is 130 Å². The molecule has 4 rings (SSSR count). The van der Waals surface area contributed by atoms with Crippen molar-refractivity contribution in [2.75, 3.05) is 0 Å². The smallest absolute Gasteiger partial charge is 0.270 e. The van der Waals surface area contributed by atoms with E-state index in [2.05, 4.69) is 32.0 Å². The fourth-order valence-corrected chi connectivity index (χ4v) is 3.26. The normalized spacial score (nSPS) is 11.3. The van der Waals surface area contributed by atoms with Gasteiger partial charge in [0.15, 0.2) is 0 Å². The first kappa shape index (κ1) is 13.1. The summed E-state index contributed by atoms with van der Waals surface area (Å²) in [6.07, 6.45) is 7.43. The molecular weight excluding hydrogens is 298 g/mol. The van der Waals surface area contributed by atoms with Gasteiger partial charge in [0.1, 0.15) is 10.6 Å². The molecule has 7 heteroatoms. The van der Waals surface area contributed by atoms with Gasteiger partial charge in [-0.05, 0) is 25.0 Å². The zero-order chi connectivity index (χ0) is 14.9. The summed E-state index contributed by atoms with van der Waals surface area (Å²) in [5.74, 6) is 0.981. The number of aromatic amines is 1. The minimum absolute atomic E-state index is 0.490. The van der Waals surface area contributed by atoms with Crippen LogP contribution >= 0.6 is 11.3 Å². The second kappa shape index (κ2) is 5.34. The van der Waals surface area contributed by atoms with Gasteiger partial charge in [0.25, 0.3) is 5.89 Å². The SMILES string of the molecule is CCCc1ncc(-c2nc(-c3nccc4[nH]ccc34)no2)s1. The van der Waals surface area contributed by atoms with Crippen LogP contribution in [0.2, 0.25) is 0 Å². The average molecular weight is 311 g/mol. The molecule has 0 aromatic carbocycles. The van der Waals surface area contributed by atoms with Crippen molar-refractivity contribution in [3.05, 3.63) is 35.7 Å². The summed E-state index contributed by atoms with van der Waals surface area (Å²) in [6.45, 7) is 2.13. The summed E-state index contributed by atoms with van der Waals surface area (Å²) in [7, 11) is 0. The Bertz CT molecular complexity index is 923. The Kier molecular flexibility index (Phi) is 3.19. The van der Waals surface area contributed by atoms with Crippen LogP contribution in [-0.4, -0.2) is 25.1 Å². The van der Waals surface area contributed by atoms with Crippen molar-refractivity contribution in [2.24, 2.45) is 0 Å². The average Bonchev–Trinajstić information content (AvgIpc) is 3.26. The van der Waals surface area contributed by atoms with Gasteiger partial charge in [-0.15, -0.1) is 11.3 Å². The van der Waals surface area contributed by atoms with Crippen LogP contribution < -0.4 is 0 Å². The molecule has 0 fully saturated rings. The third-order valence-corrected chi connectivity index (χ3v) is 4.39. The molecule has 0 radical (unpaired) electrons. The van der Waals surface area contributed by atoms with Crippen molar-refractivity contribution in [3.63, 3.8) is 0 Å². The lowest BCUT2D eigenvalue weighted by Gasteiger charge is -1.95. The van der Waals surface area contributed by atoms with Gasteiger partial charge >= 0.3 is 0 Å². The number of hydrogen-bond acceptors (Lipinski definition) is 6. The van der Waals surface area contributed by atoms with E-state index in [9.17, 15) is 0 Å². The standard InChI is InChI=1S/C15H13N5OS/c1-2-3-12-18-8-11(22-12)15-19-14(20-21-15)13-9-4-6-16-10(9)5-7-17-13/h4-8,16H,2-3H2,1H3. The van der Waals surface area contributed by atoms with Gasteiger partial charge in [-0.3, -0.25) is 4.98 Å². The number of nitrogens with one attached hydrogen (secondary N) is 1. The Balaban J connectivity index is 1.73. The molecule has 1 N–H and O–H groups in total. The number of aryl methyl sites for hydroxylation is 1. The number of hydrogen-bond donors (Lipinski definition) is 1. The molecule has 4 aromatic rings. The molecule has 0 bridgehead atoms. The van der Waals surface area contributed by atoms with Crippen molar-refractivity contribution in [1.29, 1.82) is 0 Å². The number of pyridine rings is 1. The molecule has 6 nitrogen and oxygen atoms in total. The fraction of sp³-hybridized carbons (Fsp3) is 0.200. The summed E-state index contributed by atoms with van der Waals surface area (Å²) in [5.41, 5.74) is 1.71.